The van der Waals surface area contributed by atoms with E-state index in [2.05, 4.69) is 5.32 Å². The van der Waals surface area contributed by atoms with Crippen LogP contribution in [0.5, 0.6) is 5.75 Å². The van der Waals surface area contributed by atoms with Crippen LogP contribution in [0.3, 0.4) is 0 Å². The highest BCUT2D eigenvalue weighted by Gasteiger charge is 2.09. The Balaban J connectivity index is 1.93. The number of methoxy groups -OCH3 is 1. The molecule has 0 amide bonds. The standard InChI is InChI=1S/C13H15NO3/c1-16-11-5-2-4-10(8-11)14-9-12(15)13-6-3-7-17-13/h2-8,12,14-15H,9H2,1H3. The van der Waals surface area contributed by atoms with Gasteiger partial charge in [0, 0.05) is 18.3 Å². The Kier molecular flexibility index (Phi) is 3.67. The molecule has 0 saturated carbocycles. The van der Waals surface area contributed by atoms with Crippen LogP contribution in [0.1, 0.15) is 11.9 Å². The monoisotopic (exact) mass is 233 g/mol. The van der Waals surface area contributed by atoms with Gasteiger partial charge in [0.25, 0.3) is 0 Å². The van der Waals surface area contributed by atoms with Gasteiger partial charge < -0.3 is 19.6 Å². The van der Waals surface area contributed by atoms with Crippen molar-refractivity contribution >= 4 is 5.69 Å². The first-order valence-corrected chi connectivity index (χ1v) is 5.39. The van der Waals surface area contributed by atoms with Gasteiger partial charge in [-0.3, -0.25) is 0 Å². The Morgan fingerprint density at radius 2 is 2.24 bits per heavy atom. The van der Waals surface area contributed by atoms with Gasteiger partial charge in [-0.2, -0.15) is 0 Å². The number of nitrogens with one attached hydrogen (secondary N) is 1. The first-order chi connectivity index (χ1) is 8.29. The highest BCUT2D eigenvalue weighted by Crippen LogP contribution is 2.18. The lowest BCUT2D eigenvalue weighted by Crippen LogP contribution is -2.11. The Morgan fingerprint density at radius 3 is 2.94 bits per heavy atom. The fraction of sp³-hybridized carbons (Fsp3) is 0.231. The molecule has 1 aromatic carbocycles. The summed E-state index contributed by atoms with van der Waals surface area (Å²) in [6.45, 7) is 0.390. The second-order valence-electron chi connectivity index (χ2n) is 3.64. The Labute approximate surface area is 99.8 Å². The number of furan rings is 1. The lowest BCUT2D eigenvalue weighted by molar-refractivity contribution is 0.162. The van der Waals surface area contributed by atoms with Gasteiger partial charge in [0.15, 0.2) is 0 Å². The Hall–Kier alpha value is -1.94. The fourth-order valence-corrected chi connectivity index (χ4v) is 1.53. The molecule has 0 aliphatic heterocycles. The summed E-state index contributed by atoms with van der Waals surface area (Å²) in [6.07, 6.45) is 0.889. The van der Waals surface area contributed by atoms with Crippen LogP contribution in [-0.4, -0.2) is 18.8 Å². The van der Waals surface area contributed by atoms with Crippen molar-refractivity contribution in [1.82, 2.24) is 0 Å². The third-order valence-corrected chi connectivity index (χ3v) is 2.44. The largest absolute Gasteiger partial charge is 0.497 e. The van der Waals surface area contributed by atoms with E-state index in [0.717, 1.165) is 11.4 Å². The van der Waals surface area contributed by atoms with Crippen LogP contribution in [0.25, 0.3) is 0 Å². The van der Waals surface area contributed by atoms with Crippen molar-refractivity contribution < 1.29 is 14.3 Å². The zero-order valence-corrected chi connectivity index (χ0v) is 9.59. The highest BCUT2D eigenvalue weighted by molar-refractivity contribution is 5.48. The molecule has 17 heavy (non-hydrogen) atoms. The average molecular weight is 233 g/mol. The van der Waals surface area contributed by atoms with Gasteiger partial charge in [-0.15, -0.1) is 0 Å². The van der Waals surface area contributed by atoms with E-state index in [1.54, 1.807) is 25.5 Å². The molecule has 0 fully saturated rings. The van der Waals surface area contributed by atoms with E-state index in [1.165, 1.54) is 0 Å². The van der Waals surface area contributed by atoms with Crippen LogP contribution in [0.15, 0.2) is 47.1 Å². The molecule has 0 bridgehead atoms. The van der Waals surface area contributed by atoms with E-state index >= 15 is 0 Å². The van der Waals surface area contributed by atoms with E-state index in [0.29, 0.717) is 12.3 Å². The topological polar surface area (TPSA) is 54.6 Å². The summed E-state index contributed by atoms with van der Waals surface area (Å²) in [5, 5.41) is 12.9. The summed E-state index contributed by atoms with van der Waals surface area (Å²) in [6, 6.07) is 11.0. The molecule has 0 spiro atoms. The maximum absolute atomic E-state index is 9.81. The van der Waals surface area contributed by atoms with E-state index in [1.807, 2.05) is 24.3 Å². The molecule has 2 N–H and O–H groups in total. The molecule has 1 heterocycles. The number of ether oxygens (including phenoxy) is 1. The predicted octanol–water partition coefficient (Wildman–Crippen LogP) is 2.43. The minimum absolute atomic E-state index is 0.390. The molecule has 90 valence electrons. The summed E-state index contributed by atoms with van der Waals surface area (Å²) in [4.78, 5) is 0. The van der Waals surface area contributed by atoms with Gasteiger partial charge in [-0.1, -0.05) is 6.07 Å². The van der Waals surface area contributed by atoms with Gasteiger partial charge in [-0.05, 0) is 24.3 Å². The Bertz CT molecular complexity index is 453. The van der Waals surface area contributed by atoms with Crippen molar-refractivity contribution in [2.75, 3.05) is 19.0 Å². The third kappa shape index (κ3) is 3.01. The summed E-state index contributed by atoms with van der Waals surface area (Å²) in [5.74, 6) is 1.34. The van der Waals surface area contributed by atoms with Crippen LogP contribution >= 0.6 is 0 Å². The van der Waals surface area contributed by atoms with Crippen LogP contribution < -0.4 is 10.1 Å². The van der Waals surface area contributed by atoms with E-state index in [9.17, 15) is 5.11 Å². The summed E-state index contributed by atoms with van der Waals surface area (Å²) >= 11 is 0. The van der Waals surface area contributed by atoms with Crippen LogP contribution in [0, 0.1) is 0 Å². The summed E-state index contributed by atoms with van der Waals surface area (Å²) < 4.78 is 10.2. The molecule has 4 heteroatoms. The molecule has 2 rings (SSSR count). The van der Waals surface area contributed by atoms with E-state index in [4.69, 9.17) is 9.15 Å². The second kappa shape index (κ2) is 5.41. The number of aliphatic hydroxyl groups is 1. The fourth-order valence-electron chi connectivity index (χ4n) is 1.53. The van der Waals surface area contributed by atoms with Gasteiger partial charge >= 0.3 is 0 Å². The van der Waals surface area contributed by atoms with Crippen LogP contribution in [0.2, 0.25) is 0 Å². The molecule has 0 aliphatic rings. The first kappa shape index (κ1) is 11.5. The second-order valence-corrected chi connectivity index (χ2v) is 3.64. The number of rotatable bonds is 5. The number of anilines is 1. The third-order valence-electron chi connectivity index (χ3n) is 2.44. The lowest BCUT2D eigenvalue weighted by Gasteiger charge is -2.11. The quantitative estimate of drug-likeness (QED) is 0.832. The molecule has 0 saturated heterocycles. The smallest absolute Gasteiger partial charge is 0.134 e. The molecule has 4 nitrogen and oxygen atoms in total. The maximum atomic E-state index is 9.81. The van der Waals surface area contributed by atoms with Crippen LogP contribution in [-0.2, 0) is 0 Å². The molecule has 2 aromatic rings. The number of aliphatic hydroxyl groups excluding tert-OH is 1. The lowest BCUT2D eigenvalue weighted by atomic mass is 10.2. The highest BCUT2D eigenvalue weighted by atomic mass is 16.5. The summed E-state index contributed by atoms with van der Waals surface area (Å²) in [7, 11) is 1.62. The molecule has 1 unspecified atom stereocenters. The SMILES string of the molecule is COc1cccc(NCC(O)c2ccco2)c1. The van der Waals surface area contributed by atoms with Crippen LogP contribution in [0.4, 0.5) is 5.69 Å². The maximum Gasteiger partial charge on any atom is 0.134 e. The van der Waals surface area contributed by atoms with Crippen molar-refractivity contribution in [3.05, 3.63) is 48.4 Å². The summed E-state index contributed by atoms with van der Waals surface area (Å²) in [5.41, 5.74) is 0.898. The van der Waals surface area contributed by atoms with Gasteiger partial charge in [0.1, 0.15) is 17.6 Å². The van der Waals surface area contributed by atoms with Crippen molar-refractivity contribution in [2.45, 2.75) is 6.10 Å². The zero-order valence-electron chi connectivity index (χ0n) is 9.59. The van der Waals surface area contributed by atoms with Crippen molar-refractivity contribution in [2.24, 2.45) is 0 Å². The predicted molar refractivity (Wildman–Crippen MR) is 65.2 cm³/mol. The number of hydrogen-bond donors (Lipinski definition) is 2. The minimum atomic E-state index is -0.656. The normalized spacial score (nSPS) is 12.1. The molecular weight excluding hydrogens is 218 g/mol. The molecule has 0 radical (unpaired) electrons. The van der Waals surface area contributed by atoms with E-state index in [-0.39, 0.29) is 0 Å². The molecule has 1 atom stereocenters. The molecule has 0 aliphatic carbocycles. The van der Waals surface area contributed by atoms with Crippen molar-refractivity contribution in [3.8, 4) is 5.75 Å². The van der Waals surface area contributed by atoms with Crippen molar-refractivity contribution in [1.29, 1.82) is 0 Å². The molecule has 1 aromatic heterocycles. The van der Waals surface area contributed by atoms with Gasteiger partial charge in [0.05, 0.1) is 13.4 Å². The first-order valence-electron chi connectivity index (χ1n) is 5.39. The Morgan fingerprint density at radius 1 is 1.35 bits per heavy atom. The average Bonchev–Trinajstić information content (AvgIpc) is 2.90. The van der Waals surface area contributed by atoms with Gasteiger partial charge in [0.2, 0.25) is 0 Å². The zero-order chi connectivity index (χ0) is 12.1. The van der Waals surface area contributed by atoms with Gasteiger partial charge in [-0.25, -0.2) is 0 Å². The van der Waals surface area contributed by atoms with E-state index < -0.39 is 6.10 Å². The van der Waals surface area contributed by atoms with Crippen molar-refractivity contribution in [3.63, 3.8) is 0 Å². The number of benzene rings is 1. The number of hydrogen-bond acceptors (Lipinski definition) is 4. The molecular formula is C13H15NO3. The minimum Gasteiger partial charge on any atom is -0.497 e.